The maximum absolute atomic E-state index is 12.4. The first kappa shape index (κ1) is 26.7. The zero-order chi connectivity index (χ0) is 27.0. The Morgan fingerprint density at radius 1 is 0.947 bits per heavy atom. The van der Waals surface area contributed by atoms with E-state index in [0.717, 1.165) is 56.9 Å². The fourth-order valence-corrected chi connectivity index (χ4v) is 9.17. The van der Waals surface area contributed by atoms with Crippen LogP contribution in [0.15, 0.2) is 39.3 Å². The molecule has 4 fully saturated rings. The third-order valence-electron chi connectivity index (χ3n) is 11.5. The summed E-state index contributed by atoms with van der Waals surface area (Å²) in [5.74, 6) is 0.759. The first-order valence-corrected chi connectivity index (χ1v) is 14.4. The lowest BCUT2D eigenvalue weighted by atomic mass is 9.45. The predicted octanol–water partition coefficient (Wildman–Crippen LogP) is 3.01. The molecule has 38 heavy (non-hydrogen) atoms. The highest BCUT2D eigenvalue weighted by Gasteiger charge is 2.66. The van der Waals surface area contributed by atoms with Gasteiger partial charge in [0.2, 0.25) is 0 Å². The first-order valence-electron chi connectivity index (χ1n) is 14.4. The summed E-state index contributed by atoms with van der Waals surface area (Å²) in [6.45, 7) is 6.26. The van der Waals surface area contributed by atoms with Gasteiger partial charge < -0.3 is 34.3 Å². The Hall–Kier alpha value is -1.55. The highest BCUT2D eigenvalue weighted by molar-refractivity contribution is 5.31. The van der Waals surface area contributed by atoms with Crippen LogP contribution in [0.2, 0.25) is 0 Å². The number of hydrogen-bond donors (Lipinski definition) is 4. The predicted molar refractivity (Wildman–Crippen MR) is 138 cm³/mol. The molecule has 0 bridgehead atoms. The van der Waals surface area contributed by atoms with Crippen molar-refractivity contribution in [2.24, 2.45) is 22.7 Å². The van der Waals surface area contributed by atoms with E-state index in [9.17, 15) is 25.2 Å². The average Bonchev–Trinajstić information content (AvgIpc) is 3.18. The molecular formula is C30H42O8. The minimum absolute atomic E-state index is 0.0213. The lowest BCUT2D eigenvalue weighted by molar-refractivity contribution is -0.301. The van der Waals surface area contributed by atoms with Gasteiger partial charge >= 0.3 is 5.63 Å². The third kappa shape index (κ3) is 3.82. The van der Waals surface area contributed by atoms with Gasteiger partial charge in [0.1, 0.15) is 18.3 Å². The molecule has 1 aromatic rings. The first-order chi connectivity index (χ1) is 18.0. The molecule has 0 spiro atoms. The molecule has 4 N–H and O–H groups in total. The average molecular weight is 531 g/mol. The van der Waals surface area contributed by atoms with Gasteiger partial charge in [-0.3, -0.25) is 0 Å². The number of aliphatic hydroxyl groups excluding tert-OH is 3. The van der Waals surface area contributed by atoms with Gasteiger partial charge in [-0.15, -0.1) is 0 Å². The van der Waals surface area contributed by atoms with Crippen molar-refractivity contribution < 1.29 is 34.3 Å². The van der Waals surface area contributed by atoms with E-state index in [-0.39, 0.29) is 34.4 Å². The monoisotopic (exact) mass is 530 g/mol. The second kappa shape index (κ2) is 9.25. The van der Waals surface area contributed by atoms with Crippen LogP contribution < -0.4 is 5.63 Å². The van der Waals surface area contributed by atoms with Crippen molar-refractivity contribution in [3.05, 3.63) is 46.0 Å². The molecule has 4 aliphatic carbocycles. The van der Waals surface area contributed by atoms with E-state index >= 15 is 0 Å². The van der Waals surface area contributed by atoms with E-state index in [0.29, 0.717) is 5.92 Å². The van der Waals surface area contributed by atoms with Gasteiger partial charge in [-0.2, -0.15) is 0 Å². The molecular weight excluding hydrogens is 488 g/mol. The molecule has 1 saturated heterocycles. The molecule has 3 saturated carbocycles. The summed E-state index contributed by atoms with van der Waals surface area (Å²) in [6, 6.07) is 3.36. The van der Waals surface area contributed by atoms with Gasteiger partial charge in [0, 0.05) is 11.5 Å². The van der Waals surface area contributed by atoms with Crippen molar-refractivity contribution in [2.45, 2.75) is 120 Å². The molecule has 12 atom stereocenters. The van der Waals surface area contributed by atoms with Crippen molar-refractivity contribution >= 4 is 0 Å². The molecule has 210 valence electrons. The lowest BCUT2D eigenvalue weighted by Gasteiger charge is -2.62. The van der Waals surface area contributed by atoms with E-state index in [4.69, 9.17) is 13.9 Å². The van der Waals surface area contributed by atoms with Crippen molar-refractivity contribution in [3.8, 4) is 0 Å². The molecule has 5 aliphatic rings. The quantitative estimate of drug-likeness (QED) is 0.439. The van der Waals surface area contributed by atoms with Crippen LogP contribution in [0.5, 0.6) is 0 Å². The van der Waals surface area contributed by atoms with Gasteiger partial charge in [0.25, 0.3) is 0 Å². The Morgan fingerprint density at radius 3 is 2.47 bits per heavy atom. The molecule has 1 aromatic heterocycles. The number of allylic oxidation sites excluding steroid dienone is 1. The van der Waals surface area contributed by atoms with Gasteiger partial charge in [-0.05, 0) is 93.1 Å². The van der Waals surface area contributed by atoms with Crippen molar-refractivity contribution in [3.63, 3.8) is 0 Å². The topological polar surface area (TPSA) is 130 Å². The van der Waals surface area contributed by atoms with Crippen LogP contribution >= 0.6 is 0 Å². The summed E-state index contributed by atoms with van der Waals surface area (Å²) >= 11 is 0. The van der Waals surface area contributed by atoms with E-state index in [1.165, 1.54) is 11.6 Å². The maximum atomic E-state index is 12.4. The summed E-state index contributed by atoms with van der Waals surface area (Å²) in [6.07, 6.45) is 5.32. The smallest absolute Gasteiger partial charge is 0.335 e. The van der Waals surface area contributed by atoms with E-state index in [1.807, 2.05) is 6.07 Å². The van der Waals surface area contributed by atoms with Crippen LogP contribution in [0.1, 0.15) is 83.6 Å². The Labute approximate surface area is 223 Å². The normalized spacial score (nSPS) is 50.5. The molecule has 6 rings (SSSR count). The van der Waals surface area contributed by atoms with Crippen LogP contribution in [0.3, 0.4) is 0 Å². The molecule has 0 radical (unpaired) electrons. The highest BCUT2D eigenvalue weighted by Crippen LogP contribution is 2.70. The van der Waals surface area contributed by atoms with Gasteiger partial charge in [-0.25, -0.2) is 4.79 Å². The van der Waals surface area contributed by atoms with Crippen LogP contribution in [0, 0.1) is 22.7 Å². The van der Waals surface area contributed by atoms with Gasteiger partial charge in [0.05, 0.1) is 24.1 Å². The summed E-state index contributed by atoms with van der Waals surface area (Å²) in [7, 11) is 0. The van der Waals surface area contributed by atoms with Crippen molar-refractivity contribution in [1.82, 2.24) is 0 Å². The number of fused-ring (bicyclic) bond motifs is 5. The molecule has 1 aliphatic heterocycles. The molecule has 8 nitrogen and oxygen atoms in total. The summed E-state index contributed by atoms with van der Waals surface area (Å²) < 4.78 is 17.0. The number of aliphatic hydroxyl groups is 4. The summed E-state index contributed by atoms with van der Waals surface area (Å²) in [4.78, 5) is 11.5. The van der Waals surface area contributed by atoms with Crippen molar-refractivity contribution in [1.29, 1.82) is 0 Å². The van der Waals surface area contributed by atoms with Gasteiger partial charge in [-0.1, -0.05) is 25.5 Å². The largest absolute Gasteiger partial charge is 0.431 e. The van der Waals surface area contributed by atoms with E-state index < -0.39 is 36.3 Å². The standard InChI is InChI=1S/C30H42O8/c1-16-24(32)25(33)26(34)27(37-16)38-19-8-11-28(2)18(14-19)5-6-22-21(28)9-12-29(3)20(10-13-30(22,29)35)17-4-7-23(31)36-15-17/h4,7,14-16,19-22,24-27,32-35H,5-6,8-13H2,1-3H3/t16-,19-,20+,21-,22+,24+,25+,26+,27-,28-,29+,30-/m0/s1. The zero-order valence-corrected chi connectivity index (χ0v) is 22.6. The second-order valence-corrected chi connectivity index (χ2v) is 13.1. The molecule has 0 unspecified atom stereocenters. The lowest BCUT2D eigenvalue weighted by Crippen LogP contribution is -2.60. The maximum Gasteiger partial charge on any atom is 0.335 e. The highest BCUT2D eigenvalue weighted by atomic mass is 16.7. The zero-order valence-electron chi connectivity index (χ0n) is 22.6. The minimum Gasteiger partial charge on any atom is -0.431 e. The Balaban J connectivity index is 1.21. The minimum atomic E-state index is -1.31. The molecule has 0 amide bonds. The van der Waals surface area contributed by atoms with Crippen LogP contribution in [0.25, 0.3) is 0 Å². The second-order valence-electron chi connectivity index (χ2n) is 13.1. The Kier molecular flexibility index (Phi) is 6.49. The Morgan fingerprint density at radius 2 is 1.74 bits per heavy atom. The number of ether oxygens (including phenoxy) is 2. The Bertz CT molecular complexity index is 1130. The molecule has 8 heteroatoms. The van der Waals surface area contributed by atoms with Gasteiger partial charge in [0.15, 0.2) is 6.29 Å². The summed E-state index contributed by atoms with van der Waals surface area (Å²) in [5, 5.41) is 43.0. The van der Waals surface area contributed by atoms with Crippen LogP contribution in [-0.4, -0.2) is 62.8 Å². The van der Waals surface area contributed by atoms with Crippen LogP contribution in [-0.2, 0) is 9.47 Å². The summed E-state index contributed by atoms with van der Waals surface area (Å²) in [5.41, 5.74) is 0.991. The van der Waals surface area contributed by atoms with E-state index in [1.54, 1.807) is 13.2 Å². The van der Waals surface area contributed by atoms with E-state index in [2.05, 4.69) is 19.9 Å². The van der Waals surface area contributed by atoms with Crippen molar-refractivity contribution in [2.75, 3.05) is 0 Å². The third-order valence-corrected chi connectivity index (χ3v) is 11.5. The fourth-order valence-electron chi connectivity index (χ4n) is 9.17. The molecule has 2 heterocycles. The SMILES string of the molecule is C[C@@H]1O[C@@H](O[C@@H]2C=C3CC[C@@H]4[C@H](CC[C@]5(C)[C@@H](c6ccc(=O)oc6)CC[C@]45O)[C@@]3(C)CC2)[C@H](O)[C@H](O)[C@@H]1O. The van der Waals surface area contributed by atoms with Crippen LogP contribution in [0.4, 0.5) is 0 Å². The number of hydrogen-bond acceptors (Lipinski definition) is 8. The number of rotatable bonds is 3. The fraction of sp³-hybridized carbons (Fsp3) is 0.767. The molecule has 0 aromatic carbocycles.